The predicted octanol–water partition coefficient (Wildman–Crippen LogP) is 15.3. The Balaban J connectivity index is 1.39. The minimum absolute atomic E-state index is 0.667. The van der Waals surface area contributed by atoms with E-state index in [1.807, 2.05) is 0 Å². The van der Waals surface area contributed by atoms with Crippen molar-refractivity contribution in [2.75, 3.05) is 6.61 Å². The van der Waals surface area contributed by atoms with Crippen molar-refractivity contribution in [3.05, 3.63) is 194 Å². The van der Waals surface area contributed by atoms with Crippen LogP contribution in [0.1, 0.15) is 79.8 Å². The molecule has 6 rings (SSSR count). The maximum absolute atomic E-state index is 6.27. The van der Waals surface area contributed by atoms with Crippen LogP contribution < -0.4 is 4.74 Å². The summed E-state index contributed by atoms with van der Waals surface area (Å²) in [5, 5.41) is 0. The van der Waals surface area contributed by atoms with E-state index in [4.69, 9.17) is 4.74 Å². The van der Waals surface area contributed by atoms with Gasteiger partial charge in [-0.25, -0.2) is 0 Å². The Morgan fingerprint density at radius 2 is 1.08 bits per heavy atom. The molecule has 0 heterocycles. The smallest absolute Gasteiger partial charge is 0.119 e. The number of ether oxygens (including phenoxy) is 1. The van der Waals surface area contributed by atoms with Gasteiger partial charge in [0.05, 0.1) is 6.61 Å². The van der Waals surface area contributed by atoms with E-state index < -0.39 is 0 Å². The van der Waals surface area contributed by atoms with Crippen molar-refractivity contribution in [3.63, 3.8) is 0 Å². The molecular formula is C50H48Br2O. The molecule has 0 radical (unpaired) electrons. The number of hydrogen-bond donors (Lipinski definition) is 0. The molecule has 6 aromatic rings. The average Bonchev–Trinajstić information content (AvgIpc) is 3.18. The summed E-state index contributed by atoms with van der Waals surface area (Å²) in [6, 6.07) is 53.9. The number of rotatable bonds is 15. The molecule has 0 aliphatic heterocycles. The van der Waals surface area contributed by atoms with Crippen LogP contribution in [0.2, 0.25) is 0 Å². The first-order valence-corrected chi connectivity index (χ1v) is 20.3. The highest BCUT2D eigenvalue weighted by Gasteiger charge is 2.12. The van der Waals surface area contributed by atoms with Crippen LogP contribution in [0.3, 0.4) is 0 Å². The highest BCUT2D eigenvalue weighted by atomic mass is 79.9. The van der Waals surface area contributed by atoms with Gasteiger partial charge in [-0.05, 0) is 129 Å². The third-order valence-corrected chi connectivity index (χ3v) is 10.7. The van der Waals surface area contributed by atoms with E-state index in [0.29, 0.717) is 5.92 Å². The Kier molecular flexibility index (Phi) is 13.8. The van der Waals surface area contributed by atoms with Crippen LogP contribution >= 0.6 is 31.9 Å². The average molecular weight is 825 g/mol. The van der Waals surface area contributed by atoms with Crippen LogP contribution in [0.15, 0.2) is 161 Å². The number of halogens is 2. The Hall–Kier alpha value is -4.44. The van der Waals surface area contributed by atoms with Crippen molar-refractivity contribution < 1.29 is 4.74 Å². The van der Waals surface area contributed by atoms with E-state index in [1.54, 1.807) is 0 Å². The van der Waals surface area contributed by atoms with E-state index in [-0.39, 0.29) is 0 Å². The van der Waals surface area contributed by atoms with Crippen LogP contribution in [0.4, 0.5) is 0 Å². The molecule has 0 saturated heterocycles. The third-order valence-electron chi connectivity index (χ3n) is 9.69. The Morgan fingerprint density at radius 3 is 1.62 bits per heavy atom. The van der Waals surface area contributed by atoms with E-state index in [1.165, 1.54) is 47.1 Å². The molecule has 53 heavy (non-hydrogen) atoms. The third kappa shape index (κ3) is 11.0. The van der Waals surface area contributed by atoms with E-state index in [9.17, 15) is 0 Å². The molecule has 0 N–H and O–H groups in total. The van der Waals surface area contributed by atoms with Crippen LogP contribution in [-0.2, 0) is 0 Å². The quantitative estimate of drug-likeness (QED) is 0.0938. The van der Waals surface area contributed by atoms with Crippen molar-refractivity contribution in [2.24, 2.45) is 11.8 Å². The van der Waals surface area contributed by atoms with Crippen molar-refractivity contribution in [1.82, 2.24) is 0 Å². The van der Waals surface area contributed by atoms with Gasteiger partial charge in [0.15, 0.2) is 0 Å². The van der Waals surface area contributed by atoms with Crippen molar-refractivity contribution in [1.29, 1.82) is 0 Å². The largest absolute Gasteiger partial charge is 0.494 e. The van der Waals surface area contributed by atoms with Gasteiger partial charge in [-0.1, -0.05) is 181 Å². The minimum atomic E-state index is 0.667. The Morgan fingerprint density at radius 1 is 0.547 bits per heavy atom. The summed E-state index contributed by atoms with van der Waals surface area (Å²) in [7, 11) is 0. The minimum Gasteiger partial charge on any atom is -0.494 e. The van der Waals surface area contributed by atoms with Gasteiger partial charge in [-0.3, -0.25) is 0 Å². The SMILES string of the molecule is CC(C)CCCC(C)CCOc1ccc(-c2cc(C=C(c3ccccc3)c3ccc(Br)cc3)ccc2C=C(c2ccccc2)c2ccc(Br)cc2)cc1. The first kappa shape index (κ1) is 38.3. The molecule has 1 nitrogen and oxygen atoms in total. The fraction of sp³-hybridized carbons (Fsp3) is 0.200. The van der Waals surface area contributed by atoms with Crippen LogP contribution in [0, 0.1) is 11.8 Å². The topological polar surface area (TPSA) is 9.23 Å². The van der Waals surface area contributed by atoms with Gasteiger partial charge in [0.25, 0.3) is 0 Å². The van der Waals surface area contributed by atoms with E-state index >= 15 is 0 Å². The molecule has 0 aliphatic carbocycles. The lowest BCUT2D eigenvalue weighted by atomic mass is 9.90. The molecule has 0 saturated carbocycles. The summed E-state index contributed by atoms with van der Waals surface area (Å²) in [6.45, 7) is 7.70. The summed E-state index contributed by atoms with van der Waals surface area (Å²) in [4.78, 5) is 0. The zero-order valence-corrected chi connectivity index (χ0v) is 34.1. The van der Waals surface area contributed by atoms with Crippen molar-refractivity contribution in [3.8, 4) is 16.9 Å². The van der Waals surface area contributed by atoms with Gasteiger partial charge >= 0.3 is 0 Å². The van der Waals surface area contributed by atoms with Gasteiger partial charge < -0.3 is 4.74 Å². The van der Waals surface area contributed by atoms with Crippen LogP contribution in [0.25, 0.3) is 34.4 Å². The summed E-state index contributed by atoms with van der Waals surface area (Å²) in [5.41, 5.74) is 11.6. The molecule has 0 aliphatic rings. The summed E-state index contributed by atoms with van der Waals surface area (Å²) < 4.78 is 8.40. The molecule has 6 aromatic carbocycles. The van der Waals surface area contributed by atoms with Gasteiger partial charge in [-0.15, -0.1) is 0 Å². The Bertz CT molecular complexity index is 2090. The second-order valence-corrected chi connectivity index (χ2v) is 16.1. The molecular weight excluding hydrogens is 776 g/mol. The predicted molar refractivity (Wildman–Crippen MR) is 235 cm³/mol. The van der Waals surface area contributed by atoms with Crippen LogP contribution in [0.5, 0.6) is 5.75 Å². The normalized spacial score (nSPS) is 12.6. The van der Waals surface area contributed by atoms with Gasteiger partial charge in [0.1, 0.15) is 5.75 Å². The molecule has 1 unspecified atom stereocenters. The first-order valence-electron chi connectivity index (χ1n) is 18.8. The Labute approximate surface area is 333 Å². The molecule has 0 fully saturated rings. The standard InChI is InChI=1S/C50H48Br2O/c1-36(2)11-10-12-37(3)31-32-53-47-29-23-43(24-30-47)49-34-38(33-48(39-13-6-4-7-14-39)41-19-25-45(51)26-20-41)17-18-44(49)35-50(40-15-8-5-9-16-40)42-21-27-46(52)28-22-42/h4-9,13-30,33-37H,10-12,31-32H2,1-3H3. The number of hydrogen-bond acceptors (Lipinski definition) is 1. The van der Waals surface area contributed by atoms with Gasteiger partial charge in [0, 0.05) is 8.95 Å². The molecule has 0 amide bonds. The maximum Gasteiger partial charge on any atom is 0.119 e. The number of benzene rings is 6. The molecule has 0 aromatic heterocycles. The molecule has 0 bridgehead atoms. The van der Waals surface area contributed by atoms with Crippen molar-refractivity contribution >= 4 is 55.2 Å². The zero-order chi connectivity index (χ0) is 37.0. The lowest BCUT2D eigenvalue weighted by Gasteiger charge is -2.15. The lowest BCUT2D eigenvalue weighted by Crippen LogP contribution is -2.04. The zero-order valence-electron chi connectivity index (χ0n) is 30.9. The fourth-order valence-electron chi connectivity index (χ4n) is 6.65. The van der Waals surface area contributed by atoms with Gasteiger partial charge in [0.2, 0.25) is 0 Å². The fourth-order valence-corrected chi connectivity index (χ4v) is 7.18. The molecule has 268 valence electrons. The lowest BCUT2D eigenvalue weighted by molar-refractivity contribution is 0.276. The molecule has 3 heteroatoms. The highest BCUT2D eigenvalue weighted by molar-refractivity contribution is 9.10. The summed E-state index contributed by atoms with van der Waals surface area (Å²) >= 11 is 7.25. The maximum atomic E-state index is 6.27. The summed E-state index contributed by atoms with van der Waals surface area (Å²) in [5.74, 6) is 2.35. The van der Waals surface area contributed by atoms with E-state index in [2.05, 4.69) is 216 Å². The van der Waals surface area contributed by atoms with Gasteiger partial charge in [-0.2, -0.15) is 0 Å². The monoisotopic (exact) mass is 822 g/mol. The summed E-state index contributed by atoms with van der Waals surface area (Å²) in [6.07, 6.45) is 9.57. The van der Waals surface area contributed by atoms with Crippen molar-refractivity contribution in [2.45, 2.75) is 46.5 Å². The highest BCUT2D eigenvalue weighted by Crippen LogP contribution is 2.35. The van der Waals surface area contributed by atoms with Crippen LogP contribution in [-0.4, -0.2) is 6.61 Å². The molecule has 1 atom stereocenters. The molecule has 0 spiro atoms. The second-order valence-electron chi connectivity index (χ2n) is 14.3. The van der Waals surface area contributed by atoms with E-state index in [0.717, 1.165) is 61.5 Å². The second kappa shape index (κ2) is 19.1. The first-order chi connectivity index (χ1) is 25.8.